The van der Waals surface area contributed by atoms with Gasteiger partial charge in [-0.25, -0.2) is 4.79 Å². The Morgan fingerprint density at radius 2 is 2.22 bits per heavy atom. The third kappa shape index (κ3) is 2.34. The Bertz CT molecular complexity index is 158. The lowest BCUT2D eigenvalue weighted by Crippen LogP contribution is -1.88. The molecule has 0 bridgehead atoms. The number of halogens is 1. The molecular weight excluding hydrogens is 231 g/mol. The molecule has 0 aliphatic heterocycles. The Morgan fingerprint density at radius 3 is 2.56 bits per heavy atom. The summed E-state index contributed by atoms with van der Waals surface area (Å²) in [4.78, 5) is 10.1. The molecule has 50 valence electrons. The van der Waals surface area contributed by atoms with Gasteiger partial charge < -0.3 is 5.11 Å². The first kappa shape index (κ1) is 7.05. The fourth-order valence-corrected chi connectivity index (χ4v) is 1.48. The Balaban J connectivity index is 2.47. The average Bonchev–Trinajstić information content (AvgIpc) is 2.40. The normalized spacial score (nSPS) is 19.9. The van der Waals surface area contributed by atoms with E-state index in [0.29, 0.717) is 5.92 Å². The van der Waals surface area contributed by atoms with Crippen molar-refractivity contribution in [2.45, 2.75) is 12.8 Å². The lowest BCUT2D eigenvalue weighted by molar-refractivity contribution is -0.131. The van der Waals surface area contributed by atoms with Crippen molar-refractivity contribution in [1.29, 1.82) is 0 Å². The van der Waals surface area contributed by atoms with Crippen LogP contribution in [0.4, 0.5) is 0 Å². The van der Waals surface area contributed by atoms with Gasteiger partial charge >= 0.3 is 5.97 Å². The number of rotatable bonds is 2. The second kappa shape index (κ2) is 2.68. The number of hydrogen-bond acceptors (Lipinski definition) is 1. The highest BCUT2D eigenvalue weighted by molar-refractivity contribution is 14.1. The summed E-state index contributed by atoms with van der Waals surface area (Å²) in [6, 6.07) is 0. The summed E-state index contributed by atoms with van der Waals surface area (Å²) < 4.78 is 0.986. The van der Waals surface area contributed by atoms with Crippen molar-refractivity contribution in [2.75, 3.05) is 0 Å². The van der Waals surface area contributed by atoms with Crippen LogP contribution in [0.3, 0.4) is 0 Å². The van der Waals surface area contributed by atoms with Crippen LogP contribution < -0.4 is 0 Å². The van der Waals surface area contributed by atoms with Gasteiger partial charge in [-0.1, -0.05) is 0 Å². The van der Waals surface area contributed by atoms with Crippen molar-refractivity contribution in [2.24, 2.45) is 5.92 Å². The zero-order chi connectivity index (χ0) is 6.85. The first-order valence-electron chi connectivity index (χ1n) is 2.80. The Kier molecular flexibility index (Phi) is 2.10. The molecule has 2 nitrogen and oxygen atoms in total. The average molecular weight is 238 g/mol. The molecule has 0 radical (unpaired) electrons. The van der Waals surface area contributed by atoms with Crippen LogP contribution in [0.25, 0.3) is 0 Å². The molecule has 1 aliphatic rings. The van der Waals surface area contributed by atoms with E-state index in [0.717, 1.165) is 3.58 Å². The van der Waals surface area contributed by atoms with Crippen molar-refractivity contribution in [3.8, 4) is 0 Å². The zero-order valence-electron chi connectivity index (χ0n) is 4.80. The van der Waals surface area contributed by atoms with E-state index < -0.39 is 5.97 Å². The fourth-order valence-electron chi connectivity index (χ4n) is 0.595. The van der Waals surface area contributed by atoms with E-state index in [1.165, 1.54) is 18.9 Å². The second-order valence-electron chi connectivity index (χ2n) is 2.14. The highest BCUT2D eigenvalue weighted by Gasteiger charge is 2.24. The van der Waals surface area contributed by atoms with E-state index in [9.17, 15) is 4.79 Å². The van der Waals surface area contributed by atoms with Crippen LogP contribution in [0, 0.1) is 5.92 Å². The maximum Gasteiger partial charge on any atom is 0.329 e. The van der Waals surface area contributed by atoms with Gasteiger partial charge in [0.25, 0.3) is 0 Å². The summed E-state index contributed by atoms with van der Waals surface area (Å²) in [6.45, 7) is 0. The molecule has 0 saturated heterocycles. The highest BCUT2D eigenvalue weighted by atomic mass is 127. The summed E-state index contributed by atoms with van der Waals surface area (Å²) in [5, 5.41) is 8.28. The maximum absolute atomic E-state index is 10.1. The molecule has 9 heavy (non-hydrogen) atoms. The van der Waals surface area contributed by atoms with Crippen molar-refractivity contribution in [3.63, 3.8) is 0 Å². The van der Waals surface area contributed by atoms with Crippen molar-refractivity contribution >= 4 is 28.6 Å². The van der Waals surface area contributed by atoms with Crippen LogP contribution in [0.2, 0.25) is 0 Å². The van der Waals surface area contributed by atoms with E-state index in [2.05, 4.69) is 22.6 Å². The van der Waals surface area contributed by atoms with E-state index in [4.69, 9.17) is 5.11 Å². The summed E-state index contributed by atoms with van der Waals surface area (Å²) in [7, 11) is 0. The molecule has 0 atom stereocenters. The zero-order valence-corrected chi connectivity index (χ0v) is 6.96. The van der Waals surface area contributed by atoms with Gasteiger partial charge in [0.1, 0.15) is 0 Å². The molecular formula is C6H7IO2. The second-order valence-corrected chi connectivity index (χ2v) is 3.39. The molecule has 1 rings (SSSR count). The van der Waals surface area contributed by atoms with Gasteiger partial charge in [0.05, 0.1) is 0 Å². The first-order valence-corrected chi connectivity index (χ1v) is 3.88. The Labute approximate surface area is 67.1 Å². The van der Waals surface area contributed by atoms with Crippen LogP contribution in [0.5, 0.6) is 0 Å². The van der Waals surface area contributed by atoms with E-state index in [1.807, 2.05) is 0 Å². The first-order chi connectivity index (χ1) is 4.20. The number of carboxylic acid groups (broad SMARTS) is 1. The molecule has 0 amide bonds. The number of allylic oxidation sites excluding steroid dienone is 1. The fraction of sp³-hybridized carbons (Fsp3) is 0.500. The highest BCUT2D eigenvalue weighted by Crippen LogP contribution is 2.39. The molecule has 0 unspecified atom stereocenters. The molecule has 0 aromatic heterocycles. The van der Waals surface area contributed by atoms with Gasteiger partial charge in [-0.3, -0.25) is 0 Å². The molecule has 3 heteroatoms. The van der Waals surface area contributed by atoms with Gasteiger partial charge in [0.15, 0.2) is 0 Å². The third-order valence-corrected chi connectivity index (χ3v) is 2.42. The van der Waals surface area contributed by atoms with Crippen molar-refractivity contribution in [1.82, 2.24) is 0 Å². The molecule has 0 aromatic rings. The Morgan fingerprint density at radius 1 is 1.67 bits per heavy atom. The monoisotopic (exact) mass is 238 g/mol. The van der Waals surface area contributed by atoms with Gasteiger partial charge in [-0.05, 0) is 41.4 Å². The minimum absolute atomic E-state index is 0.571. The van der Waals surface area contributed by atoms with Crippen LogP contribution in [-0.2, 0) is 4.79 Å². The summed E-state index contributed by atoms with van der Waals surface area (Å²) in [6.07, 6.45) is 3.63. The summed E-state index contributed by atoms with van der Waals surface area (Å²) >= 11 is 2.09. The predicted octanol–water partition coefficient (Wildman–Crippen LogP) is 1.80. The van der Waals surface area contributed by atoms with Crippen LogP contribution >= 0.6 is 22.6 Å². The topological polar surface area (TPSA) is 37.3 Å². The SMILES string of the molecule is O=C(O)/C=C(\I)C1CC1. The molecule has 0 heterocycles. The number of carboxylic acids is 1. The van der Waals surface area contributed by atoms with Crippen LogP contribution in [0.15, 0.2) is 9.66 Å². The number of hydrogen-bond donors (Lipinski definition) is 1. The quantitative estimate of drug-likeness (QED) is 0.588. The predicted molar refractivity (Wildman–Crippen MR) is 42.5 cm³/mol. The van der Waals surface area contributed by atoms with E-state index in [1.54, 1.807) is 0 Å². The molecule has 1 saturated carbocycles. The standard InChI is InChI=1S/C6H7IO2/c7-5(3-6(8)9)4-1-2-4/h3-4H,1-2H2,(H,8,9)/b5-3-. The molecule has 1 aliphatic carbocycles. The molecule has 1 fully saturated rings. The lowest BCUT2D eigenvalue weighted by Gasteiger charge is -1.88. The minimum atomic E-state index is -0.827. The Hall–Kier alpha value is -0.0600. The van der Waals surface area contributed by atoms with Gasteiger partial charge in [0.2, 0.25) is 0 Å². The van der Waals surface area contributed by atoms with E-state index in [-0.39, 0.29) is 0 Å². The molecule has 0 spiro atoms. The van der Waals surface area contributed by atoms with Crippen LogP contribution in [0.1, 0.15) is 12.8 Å². The number of carbonyl (C=O) groups is 1. The van der Waals surface area contributed by atoms with Gasteiger partial charge in [0, 0.05) is 9.66 Å². The molecule has 0 aromatic carbocycles. The minimum Gasteiger partial charge on any atom is -0.478 e. The van der Waals surface area contributed by atoms with Gasteiger partial charge in [-0.2, -0.15) is 0 Å². The number of aliphatic carboxylic acids is 1. The smallest absolute Gasteiger partial charge is 0.329 e. The van der Waals surface area contributed by atoms with E-state index >= 15 is 0 Å². The van der Waals surface area contributed by atoms with Gasteiger partial charge in [-0.15, -0.1) is 0 Å². The largest absolute Gasteiger partial charge is 0.478 e. The molecule has 1 N–H and O–H groups in total. The third-order valence-electron chi connectivity index (χ3n) is 1.23. The van der Waals surface area contributed by atoms with Crippen molar-refractivity contribution < 1.29 is 9.90 Å². The lowest BCUT2D eigenvalue weighted by atomic mass is 10.4. The summed E-state index contributed by atoms with van der Waals surface area (Å²) in [5.41, 5.74) is 0. The van der Waals surface area contributed by atoms with Crippen molar-refractivity contribution in [3.05, 3.63) is 9.66 Å². The maximum atomic E-state index is 10.1. The summed E-state index contributed by atoms with van der Waals surface area (Å²) in [5.74, 6) is -0.256. The van der Waals surface area contributed by atoms with Crippen LogP contribution in [-0.4, -0.2) is 11.1 Å².